The Morgan fingerprint density at radius 1 is 1.06 bits per heavy atom. The van der Waals surface area contributed by atoms with Gasteiger partial charge in [0, 0.05) is 56.8 Å². The van der Waals surface area contributed by atoms with Gasteiger partial charge >= 0.3 is 0 Å². The Balaban J connectivity index is 1.43. The van der Waals surface area contributed by atoms with Crippen LogP contribution in [0.5, 0.6) is 0 Å². The summed E-state index contributed by atoms with van der Waals surface area (Å²) in [5, 5.41) is 12.2. The van der Waals surface area contributed by atoms with E-state index < -0.39 is 15.6 Å². The van der Waals surface area contributed by atoms with E-state index in [0.717, 1.165) is 37.1 Å². The van der Waals surface area contributed by atoms with Crippen molar-refractivity contribution in [2.24, 2.45) is 0 Å². The summed E-state index contributed by atoms with van der Waals surface area (Å²) in [4.78, 5) is 17.1. The maximum atomic E-state index is 13.4. The lowest BCUT2D eigenvalue weighted by molar-refractivity contribution is -0.127. The maximum Gasteiger partial charge on any atom is 0.252 e. The number of Topliss-reactive ketones (excluding diaryl/α,β-unsaturated/α-hetero) is 1. The number of benzene rings is 1. The first-order valence-corrected chi connectivity index (χ1v) is 14.9. The zero-order valence-corrected chi connectivity index (χ0v) is 22.1. The number of hydrogen-bond acceptors (Lipinski definition) is 7. The highest BCUT2D eigenvalue weighted by atomic mass is 32.2. The first-order valence-electron chi connectivity index (χ1n) is 12.5. The van der Waals surface area contributed by atoms with Crippen LogP contribution in [0.3, 0.4) is 0 Å². The number of sulfonamides is 1. The fourth-order valence-electron chi connectivity index (χ4n) is 5.95. The molecule has 3 aliphatic rings. The molecule has 3 aliphatic heterocycles. The van der Waals surface area contributed by atoms with Crippen molar-refractivity contribution < 1.29 is 18.3 Å². The smallest absolute Gasteiger partial charge is 0.252 e. The molecule has 0 amide bonds. The van der Waals surface area contributed by atoms with E-state index >= 15 is 0 Å². The molecule has 3 fully saturated rings. The summed E-state index contributed by atoms with van der Waals surface area (Å²) in [5.74, 6) is 0.362. The van der Waals surface area contributed by atoms with Gasteiger partial charge < -0.3 is 10.0 Å². The Hall–Kier alpha value is -1.78. The molecule has 35 heavy (non-hydrogen) atoms. The zero-order valence-electron chi connectivity index (χ0n) is 20.5. The first-order chi connectivity index (χ1) is 16.6. The molecule has 0 aliphatic carbocycles. The first kappa shape index (κ1) is 24.9. The van der Waals surface area contributed by atoms with Crippen LogP contribution in [0.1, 0.15) is 51.5 Å². The molecule has 5 rings (SSSR count). The minimum atomic E-state index is -3.53. The van der Waals surface area contributed by atoms with E-state index in [9.17, 15) is 18.3 Å². The van der Waals surface area contributed by atoms with Gasteiger partial charge in [-0.05, 0) is 55.8 Å². The van der Waals surface area contributed by atoms with Crippen molar-refractivity contribution in [3.8, 4) is 0 Å². The van der Waals surface area contributed by atoms with Crippen molar-refractivity contribution in [3.05, 3.63) is 47.3 Å². The Labute approximate surface area is 212 Å². The molecule has 2 bridgehead atoms. The van der Waals surface area contributed by atoms with E-state index in [1.165, 1.54) is 11.3 Å². The SMILES string of the molecule is CC(C)(O)c1ccc(N2CCN(S(=O)(=O)c3cccs3)C[C@@H]2CN2C3CCCC2CC(=O)C3)cc1. The van der Waals surface area contributed by atoms with Gasteiger partial charge in [-0.2, -0.15) is 4.31 Å². The van der Waals surface area contributed by atoms with Gasteiger partial charge in [-0.1, -0.05) is 24.6 Å². The topological polar surface area (TPSA) is 81.2 Å². The number of fused-ring (bicyclic) bond motifs is 2. The van der Waals surface area contributed by atoms with Crippen molar-refractivity contribution in [1.29, 1.82) is 0 Å². The van der Waals surface area contributed by atoms with E-state index in [-0.39, 0.29) is 18.1 Å². The fraction of sp³-hybridized carbons (Fsp3) is 0.577. The molecule has 1 aromatic heterocycles. The molecule has 1 N–H and O–H groups in total. The lowest BCUT2D eigenvalue weighted by Gasteiger charge is -2.50. The number of thiophene rings is 1. The fourth-order valence-corrected chi connectivity index (χ4v) is 8.56. The normalized spacial score (nSPS) is 26.8. The Morgan fingerprint density at radius 2 is 1.74 bits per heavy atom. The number of nitrogens with zero attached hydrogens (tertiary/aromatic N) is 3. The monoisotopic (exact) mass is 517 g/mol. The molecule has 0 radical (unpaired) electrons. The van der Waals surface area contributed by atoms with Crippen molar-refractivity contribution in [3.63, 3.8) is 0 Å². The Bertz CT molecular complexity index is 1130. The van der Waals surface area contributed by atoms with Gasteiger partial charge in [-0.3, -0.25) is 9.69 Å². The molecule has 1 aromatic carbocycles. The number of rotatable bonds is 6. The van der Waals surface area contributed by atoms with E-state index in [2.05, 4.69) is 9.80 Å². The molecule has 0 saturated carbocycles. The van der Waals surface area contributed by atoms with Gasteiger partial charge in [0.1, 0.15) is 9.99 Å². The van der Waals surface area contributed by atoms with Gasteiger partial charge in [-0.15, -0.1) is 11.3 Å². The highest BCUT2D eigenvalue weighted by Crippen LogP contribution is 2.35. The summed E-state index contributed by atoms with van der Waals surface area (Å²) in [5.41, 5.74) is 0.971. The molecule has 190 valence electrons. The van der Waals surface area contributed by atoms with Crippen molar-refractivity contribution in [2.45, 2.75) is 73.9 Å². The van der Waals surface area contributed by atoms with Crippen LogP contribution in [0.25, 0.3) is 0 Å². The van der Waals surface area contributed by atoms with Crippen LogP contribution in [-0.4, -0.2) is 72.8 Å². The number of carbonyl (C=O) groups excluding carboxylic acids is 1. The molecule has 3 atom stereocenters. The minimum absolute atomic E-state index is 0.0252. The zero-order chi connectivity index (χ0) is 24.8. The van der Waals surface area contributed by atoms with Gasteiger partial charge in [-0.25, -0.2) is 8.42 Å². The summed E-state index contributed by atoms with van der Waals surface area (Å²) >= 11 is 1.26. The molecule has 2 unspecified atom stereocenters. The minimum Gasteiger partial charge on any atom is -0.386 e. The highest BCUT2D eigenvalue weighted by Gasteiger charge is 2.42. The Kier molecular flexibility index (Phi) is 6.82. The van der Waals surface area contributed by atoms with Gasteiger partial charge in [0.15, 0.2) is 0 Å². The van der Waals surface area contributed by atoms with Gasteiger partial charge in [0.05, 0.1) is 11.6 Å². The van der Waals surface area contributed by atoms with Crippen LogP contribution < -0.4 is 4.90 Å². The number of anilines is 1. The second kappa shape index (κ2) is 9.59. The van der Waals surface area contributed by atoms with Crippen LogP contribution in [0.15, 0.2) is 46.0 Å². The number of hydrogen-bond donors (Lipinski definition) is 1. The Morgan fingerprint density at radius 3 is 2.34 bits per heavy atom. The third-order valence-electron chi connectivity index (χ3n) is 7.80. The third-order valence-corrected chi connectivity index (χ3v) is 11.0. The summed E-state index contributed by atoms with van der Waals surface area (Å²) in [6.07, 6.45) is 4.45. The van der Waals surface area contributed by atoms with E-state index in [0.29, 0.717) is 42.5 Å². The molecule has 2 aromatic rings. The van der Waals surface area contributed by atoms with Gasteiger partial charge in [0.25, 0.3) is 10.0 Å². The average molecular weight is 518 g/mol. The lowest BCUT2D eigenvalue weighted by Crippen LogP contribution is -2.62. The maximum absolute atomic E-state index is 13.4. The molecule has 9 heteroatoms. The lowest BCUT2D eigenvalue weighted by atomic mass is 9.83. The molecule has 0 spiro atoms. The number of piperazine rings is 1. The summed E-state index contributed by atoms with van der Waals surface area (Å²) in [7, 11) is -3.53. The van der Waals surface area contributed by atoms with Crippen LogP contribution >= 0.6 is 11.3 Å². The van der Waals surface area contributed by atoms with E-state index in [1.54, 1.807) is 35.7 Å². The van der Waals surface area contributed by atoms with Crippen LogP contribution in [-0.2, 0) is 20.4 Å². The predicted octanol–water partition coefficient (Wildman–Crippen LogP) is 3.44. The second-order valence-corrected chi connectivity index (χ2v) is 13.7. The quantitative estimate of drug-likeness (QED) is 0.632. The molecule has 7 nitrogen and oxygen atoms in total. The van der Waals surface area contributed by atoms with Gasteiger partial charge in [0.2, 0.25) is 0 Å². The molecular weight excluding hydrogens is 482 g/mol. The molecule has 4 heterocycles. The highest BCUT2D eigenvalue weighted by molar-refractivity contribution is 7.91. The van der Waals surface area contributed by atoms with Crippen LogP contribution in [0.2, 0.25) is 0 Å². The summed E-state index contributed by atoms with van der Waals surface area (Å²) in [6, 6.07) is 11.9. The predicted molar refractivity (Wildman–Crippen MR) is 138 cm³/mol. The number of aliphatic hydroxyl groups is 1. The van der Waals surface area contributed by atoms with E-state index in [1.807, 2.05) is 24.3 Å². The van der Waals surface area contributed by atoms with Crippen molar-refractivity contribution in [1.82, 2.24) is 9.21 Å². The molecular formula is C26H35N3O4S2. The van der Waals surface area contributed by atoms with Crippen molar-refractivity contribution >= 4 is 32.8 Å². The van der Waals surface area contributed by atoms with Crippen molar-refractivity contribution in [2.75, 3.05) is 31.1 Å². The van der Waals surface area contributed by atoms with E-state index in [4.69, 9.17) is 0 Å². The molecule has 3 saturated heterocycles. The summed E-state index contributed by atoms with van der Waals surface area (Å²) in [6.45, 7) is 5.73. The number of ketones is 1. The van der Waals surface area contributed by atoms with Crippen LogP contribution in [0, 0.1) is 0 Å². The largest absolute Gasteiger partial charge is 0.386 e. The standard InChI is InChI=1S/C26H35N3O4S2/c1-26(2,31)19-8-10-20(11-9-19)28-13-12-27(35(32,33)25-7-4-14-34-25)17-23(28)18-29-21-5-3-6-22(29)16-24(30)15-21/h4,7-11,14,21-23,31H,3,5-6,12-13,15-18H2,1-2H3/t21?,22?,23-/m1/s1. The third kappa shape index (κ3) is 5.06. The summed E-state index contributed by atoms with van der Waals surface area (Å²) < 4.78 is 28.7. The second-order valence-electron chi connectivity index (χ2n) is 10.6. The number of carbonyl (C=O) groups is 1. The van der Waals surface area contributed by atoms with Crippen LogP contribution in [0.4, 0.5) is 5.69 Å². The number of piperidine rings is 2. The average Bonchev–Trinajstić information content (AvgIpc) is 3.35.